The number of nitrogens with zero attached hydrogens (tertiary/aromatic N) is 4. The number of fused-ring (bicyclic) bond motifs is 3. The van der Waals surface area contributed by atoms with Crippen LogP contribution in [-0.2, 0) is 0 Å². The number of hydrogen-bond acceptors (Lipinski definition) is 7. The van der Waals surface area contributed by atoms with Gasteiger partial charge in [-0.25, -0.2) is 0 Å². The van der Waals surface area contributed by atoms with Gasteiger partial charge >= 0.3 is 0 Å². The molecule has 0 aromatic carbocycles. The molecule has 7 atom stereocenters. The minimum atomic E-state index is -0.438. The second kappa shape index (κ2) is 9.29. The topological polar surface area (TPSA) is 83.7 Å². The fraction of sp³-hybridized carbons (Fsp3) is 0.913. The first-order valence-corrected chi connectivity index (χ1v) is 13.2. The van der Waals surface area contributed by atoms with Crippen LogP contribution in [0.5, 0.6) is 0 Å². The van der Waals surface area contributed by atoms with Crippen LogP contribution in [0.15, 0.2) is 9.98 Å². The second-order valence-electron chi connectivity index (χ2n) is 10.5. The highest BCUT2D eigenvalue weighted by Crippen LogP contribution is 2.56. The third-order valence-electron chi connectivity index (χ3n) is 8.43. The van der Waals surface area contributed by atoms with Crippen molar-refractivity contribution in [1.29, 1.82) is 0 Å². The first kappa shape index (κ1) is 22.1. The molecule has 4 fully saturated rings. The fourth-order valence-corrected chi connectivity index (χ4v) is 8.49. The van der Waals surface area contributed by atoms with E-state index in [1.807, 2.05) is 18.1 Å². The summed E-state index contributed by atoms with van der Waals surface area (Å²) in [5.74, 6) is 2.56. The van der Waals surface area contributed by atoms with E-state index in [0.29, 0.717) is 41.6 Å². The Morgan fingerprint density at radius 1 is 1.23 bits per heavy atom. The zero-order valence-corrected chi connectivity index (χ0v) is 19.8. The molecule has 3 aliphatic heterocycles. The van der Waals surface area contributed by atoms with E-state index in [9.17, 15) is 10.2 Å². The molecule has 2 saturated heterocycles. The maximum atomic E-state index is 10.9. The summed E-state index contributed by atoms with van der Waals surface area (Å²) >= 11 is 2.04. The van der Waals surface area contributed by atoms with Gasteiger partial charge in [0.1, 0.15) is 17.4 Å². The molecule has 5 aliphatic rings. The minimum absolute atomic E-state index is 0.279. The Hall–Kier alpha value is -0.670. The molecule has 2 saturated carbocycles. The van der Waals surface area contributed by atoms with Crippen LogP contribution in [0.25, 0.3) is 0 Å². The molecule has 3 N–H and O–H groups in total. The predicted molar refractivity (Wildman–Crippen MR) is 126 cm³/mol. The van der Waals surface area contributed by atoms with Crippen molar-refractivity contribution in [2.45, 2.75) is 86.4 Å². The van der Waals surface area contributed by atoms with Gasteiger partial charge in [0.2, 0.25) is 0 Å². The summed E-state index contributed by atoms with van der Waals surface area (Å²) in [5, 5.41) is 25.1. The maximum Gasteiger partial charge on any atom is 0.108 e. The normalized spacial score (nSPS) is 45.1. The van der Waals surface area contributed by atoms with E-state index in [0.717, 1.165) is 25.2 Å². The molecular weight excluding hydrogens is 410 g/mol. The molecule has 0 aromatic rings. The number of aliphatic hydroxyl groups is 2. The number of aliphatic imine (C=N–C) groups is 2. The fourth-order valence-electron chi connectivity index (χ4n) is 6.68. The van der Waals surface area contributed by atoms with Crippen LogP contribution in [-0.4, -0.2) is 94.4 Å². The summed E-state index contributed by atoms with van der Waals surface area (Å²) in [4.78, 5) is 14.5. The standard InChI is InChI=1S/C23H39N5O2S/c1-27(2)16-6-4-15(5-7-16)26-22-21-20-14(11-19(30)28-10-9-17(29)12-28)3-8-18(20)31-23(21)25-13-24-22/h13-21,23,29-30H,3-12H2,1-2H3,(H,24,25,26). The SMILES string of the molecule is CN(C)C1CCC(N=C2NC=NC3SC4CCC(CC(O)N5CCC(O)C5)C4C23)CC1. The van der Waals surface area contributed by atoms with Crippen molar-refractivity contribution in [2.24, 2.45) is 27.7 Å². The summed E-state index contributed by atoms with van der Waals surface area (Å²) in [6.45, 7) is 1.41. The average Bonchev–Trinajstić information content (AvgIpc) is 3.45. The van der Waals surface area contributed by atoms with Crippen LogP contribution in [0.4, 0.5) is 0 Å². The van der Waals surface area contributed by atoms with Gasteiger partial charge in [0.05, 0.1) is 24.4 Å². The number of thioether (sulfide) groups is 1. The second-order valence-corrected chi connectivity index (χ2v) is 11.9. The van der Waals surface area contributed by atoms with E-state index in [-0.39, 0.29) is 11.5 Å². The highest BCUT2D eigenvalue weighted by molar-refractivity contribution is 8.00. The summed E-state index contributed by atoms with van der Waals surface area (Å²) < 4.78 is 0. The van der Waals surface area contributed by atoms with Crippen molar-refractivity contribution in [3.63, 3.8) is 0 Å². The van der Waals surface area contributed by atoms with E-state index < -0.39 is 6.23 Å². The molecule has 7 nitrogen and oxygen atoms in total. The lowest BCUT2D eigenvalue weighted by Crippen LogP contribution is -2.45. The molecule has 0 bridgehead atoms. The summed E-state index contributed by atoms with van der Waals surface area (Å²) in [6.07, 6.45) is 9.94. The largest absolute Gasteiger partial charge is 0.392 e. The zero-order chi connectivity index (χ0) is 21.5. The van der Waals surface area contributed by atoms with Crippen LogP contribution in [0.1, 0.15) is 51.4 Å². The predicted octanol–water partition coefficient (Wildman–Crippen LogP) is 1.75. The zero-order valence-electron chi connectivity index (χ0n) is 18.9. The van der Waals surface area contributed by atoms with Crippen molar-refractivity contribution in [3.8, 4) is 0 Å². The van der Waals surface area contributed by atoms with Gasteiger partial charge < -0.3 is 20.4 Å². The van der Waals surface area contributed by atoms with Gasteiger partial charge in [-0.3, -0.25) is 14.9 Å². The lowest BCUT2D eigenvalue weighted by atomic mass is 9.80. The summed E-state index contributed by atoms with van der Waals surface area (Å²) in [6, 6.07) is 1.12. The Kier molecular flexibility index (Phi) is 6.64. The molecule has 174 valence electrons. The highest BCUT2D eigenvalue weighted by atomic mass is 32.2. The number of aliphatic hydroxyl groups excluding tert-OH is 2. The Bertz CT molecular complexity index is 695. The van der Waals surface area contributed by atoms with Crippen molar-refractivity contribution >= 4 is 23.9 Å². The lowest BCUT2D eigenvalue weighted by molar-refractivity contribution is -0.0107. The number of β-amino-alcohol motifs (C(OH)–C–C–N with tert-alkyl or cyclic N) is 1. The van der Waals surface area contributed by atoms with Gasteiger partial charge in [-0.15, -0.1) is 11.8 Å². The van der Waals surface area contributed by atoms with Gasteiger partial charge in [0.15, 0.2) is 0 Å². The van der Waals surface area contributed by atoms with Crippen molar-refractivity contribution < 1.29 is 10.2 Å². The van der Waals surface area contributed by atoms with E-state index in [1.54, 1.807) is 0 Å². The molecule has 0 amide bonds. The number of likely N-dealkylation sites (tertiary alicyclic amines) is 1. The summed E-state index contributed by atoms with van der Waals surface area (Å²) in [7, 11) is 4.38. The highest BCUT2D eigenvalue weighted by Gasteiger charge is 2.54. The van der Waals surface area contributed by atoms with E-state index in [4.69, 9.17) is 9.98 Å². The number of hydrogen-bond donors (Lipinski definition) is 3. The smallest absolute Gasteiger partial charge is 0.108 e. The molecule has 3 heterocycles. The molecule has 8 heteroatoms. The molecule has 0 radical (unpaired) electrons. The number of rotatable bonds is 5. The van der Waals surface area contributed by atoms with E-state index in [1.165, 1.54) is 38.5 Å². The quantitative estimate of drug-likeness (QED) is 0.593. The number of amidine groups is 1. The minimum Gasteiger partial charge on any atom is -0.392 e. The molecule has 2 aliphatic carbocycles. The first-order valence-electron chi connectivity index (χ1n) is 12.3. The number of nitrogens with one attached hydrogen (secondary N) is 1. The van der Waals surface area contributed by atoms with Crippen LogP contribution >= 0.6 is 11.8 Å². The third kappa shape index (κ3) is 4.56. The monoisotopic (exact) mass is 449 g/mol. The Morgan fingerprint density at radius 3 is 2.74 bits per heavy atom. The van der Waals surface area contributed by atoms with Gasteiger partial charge in [-0.1, -0.05) is 0 Å². The summed E-state index contributed by atoms with van der Waals surface area (Å²) in [5.41, 5.74) is 0. The van der Waals surface area contributed by atoms with Crippen LogP contribution < -0.4 is 5.32 Å². The van der Waals surface area contributed by atoms with Crippen LogP contribution in [0.3, 0.4) is 0 Å². The van der Waals surface area contributed by atoms with Gasteiger partial charge in [0.25, 0.3) is 0 Å². The maximum absolute atomic E-state index is 10.9. The Morgan fingerprint density at radius 2 is 2.03 bits per heavy atom. The molecule has 7 unspecified atom stereocenters. The van der Waals surface area contributed by atoms with Crippen molar-refractivity contribution in [2.75, 3.05) is 27.2 Å². The first-order chi connectivity index (χ1) is 15.0. The van der Waals surface area contributed by atoms with Crippen molar-refractivity contribution in [3.05, 3.63) is 0 Å². The Labute approximate surface area is 190 Å². The third-order valence-corrected chi connectivity index (χ3v) is 10.0. The Balaban J connectivity index is 1.27. The van der Waals surface area contributed by atoms with Crippen LogP contribution in [0.2, 0.25) is 0 Å². The van der Waals surface area contributed by atoms with Crippen molar-refractivity contribution in [1.82, 2.24) is 15.1 Å². The molecule has 0 spiro atoms. The van der Waals surface area contributed by atoms with E-state index in [2.05, 4.69) is 29.2 Å². The van der Waals surface area contributed by atoms with Gasteiger partial charge in [0, 0.05) is 24.4 Å². The average molecular weight is 450 g/mol. The van der Waals surface area contributed by atoms with E-state index >= 15 is 0 Å². The molecule has 31 heavy (non-hydrogen) atoms. The molecule has 0 aromatic heterocycles. The van der Waals surface area contributed by atoms with Gasteiger partial charge in [-0.2, -0.15) is 0 Å². The molecular formula is C23H39N5O2S. The molecule has 5 rings (SSSR count). The van der Waals surface area contributed by atoms with Crippen LogP contribution in [0, 0.1) is 17.8 Å². The van der Waals surface area contributed by atoms with Gasteiger partial charge in [-0.05, 0) is 77.3 Å². The lowest BCUT2D eigenvalue weighted by Gasteiger charge is -2.34.